The molecule has 132 valence electrons. The zero-order valence-corrected chi connectivity index (χ0v) is 14.2. The van der Waals surface area contributed by atoms with Gasteiger partial charge in [-0.25, -0.2) is 0 Å². The summed E-state index contributed by atoms with van der Waals surface area (Å²) in [7, 11) is 1.58. The van der Waals surface area contributed by atoms with Crippen molar-refractivity contribution in [1.82, 2.24) is 4.90 Å². The first kappa shape index (κ1) is 16.1. The molecule has 6 nitrogen and oxygen atoms in total. The number of likely N-dealkylation sites (tertiary alicyclic amines) is 1. The van der Waals surface area contributed by atoms with Crippen molar-refractivity contribution in [1.29, 1.82) is 0 Å². The maximum Gasteiger partial charge on any atom is 0.233 e. The summed E-state index contributed by atoms with van der Waals surface area (Å²) in [5.74, 6) is 0.929. The van der Waals surface area contributed by atoms with Crippen molar-refractivity contribution in [3.63, 3.8) is 0 Å². The maximum atomic E-state index is 12.6. The van der Waals surface area contributed by atoms with Crippen LogP contribution >= 0.6 is 0 Å². The number of hydrogen-bond donors (Lipinski definition) is 1. The molecule has 0 unspecified atom stereocenters. The second-order valence-corrected chi connectivity index (χ2v) is 7.24. The Morgan fingerprint density at radius 2 is 1.72 bits per heavy atom. The van der Waals surface area contributed by atoms with Gasteiger partial charge in [0.1, 0.15) is 5.75 Å². The van der Waals surface area contributed by atoms with Crippen molar-refractivity contribution in [3.8, 4) is 5.75 Å². The molecule has 2 bridgehead atoms. The number of nitrogens with one attached hydrogen (secondary N) is 1. The summed E-state index contributed by atoms with van der Waals surface area (Å²) >= 11 is 0. The van der Waals surface area contributed by atoms with Gasteiger partial charge < -0.3 is 10.1 Å². The van der Waals surface area contributed by atoms with E-state index in [2.05, 4.69) is 5.32 Å². The lowest BCUT2D eigenvalue weighted by atomic mass is 9.81. The van der Waals surface area contributed by atoms with Crippen LogP contribution in [0.15, 0.2) is 24.3 Å². The molecular formula is C19H22N2O4. The number of anilines is 1. The average Bonchev–Trinajstić information content (AvgIpc) is 3.29. The van der Waals surface area contributed by atoms with E-state index in [1.54, 1.807) is 31.4 Å². The lowest BCUT2D eigenvalue weighted by Crippen LogP contribution is -2.35. The monoisotopic (exact) mass is 342 g/mol. The molecule has 2 aliphatic carbocycles. The van der Waals surface area contributed by atoms with Gasteiger partial charge in [-0.15, -0.1) is 0 Å². The lowest BCUT2D eigenvalue weighted by Gasteiger charge is -2.19. The number of fused-ring (bicyclic) bond motifs is 5. The van der Waals surface area contributed by atoms with Crippen LogP contribution in [-0.4, -0.2) is 36.3 Å². The van der Waals surface area contributed by atoms with Crippen LogP contribution in [0.4, 0.5) is 5.69 Å². The van der Waals surface area contributed by atoms with Crippen molar-refractivity contribution in [2.24, 2.45) is 23.7 Å². The van der Waals surface area contributed by atoms with Gasteiger partial charge in [0.2, 0.25) is 17.7 Å². The van der Waals surface area contributed by atoms with Crippen LogP contribution in [0.3, 0.4) is 0 Å². The van der Waals surface area contributed by atoms with Gasteiger partial charge in [-0.3, -0.25) is 19.3 Å². The number of rotatable bonds is 5. The Hall–Kier alpha value is -2.37. The van der Waals surface area contributed by atoms with Crippen LogP contribution in [0.25, 0.3) is 0 Å². The Bertz CT molecular complexity index is 687. The Kier molecular flexibility index (Phi) is 3.98. The lowest BCUT2D eigenvalue weighted by molar-refractivity contribution is -0.140. The molecule has 1 heterocycles. The molecule has 2 saturated carbocycles. The summed E-state index contributed by atoms with van der Waals surface area (Å²) in [6, 6.07) is 7.04. The highest BCUT2D eigenvalue weighted by molar-refractivity contribution is 6.06. The zero-order valence-electron chi connectivity index (χ0n) is 14.2. The predicted octanol–water partition coefficient (Wildman–Crippen LogP) is 2.05. The molecule has 1 aromatic carbocycles. The Labute approximate surface area is 146 Å². The van der Waals surface area contributed by atoms with Crippen LogP contribution in [0, 0.1) is 23.7 Å². The van der Waals surface area contributed by atoms with Crippen molar-refractivity contribution < 1.29 is 19.1 Å². The van der Waals surface area contributed by atoms with Gasteiger partial charge in [0.15, 0.2) is 0 Å². The number of benzene rings is 1. The fourth-order valence-corrected chi connectivity index (χ4v) is 4.80. The van der Waals surface area contributed by atoms with Crippen LogP contribution in [-0.2, 0) is 14.4 Å². The second kappa shape index (κ2) is 6.17. The number of carbonyl (C=O) groups excluding carboxylic acids is 3. The topological polar surface area (TPSA) is 75.7 Å². The smallest absolute Gasteiger partial charge is 0.233 e. The average molecular weight is 342 g/mol. The minimum atomic E-state index is -0.203. The van der Waals surface area contributed by atoms with Gasteiger partial charge >= 0.3 is 0 Å². The molecule has 25 heavy (non-hydrogen) atoms. The van der Waals surface area contributed by atoms with Crippen LogP contribution in [0.1, 0.15) is 25.7 Å². The number of amides is 3. The molecular weight excluding hydrogens is 320 g/mol. The second-order valence-electron chi connectivity index (χ2n) is 7.24. The quantitative estimate of drug-likeness (QED) is 0.831. The van der Waals surface area contributed by atoms with E-state index in [-0.39, 0.29) is 42.5 Å². The molecule has 3 aliphatic rings. The molecule has 0 radical (unpaired) electrons. The molecule has 1 aromatic rings. The highest BCUT2D eigenvalue weighted by Gasteiger charge is 2.60. The summed E-state index contributed by atoms with van der Waals surface area (Å²) in [6.45, 7) is 0.173. The van der Waals surface area contributed by atoms with Gasteiger partial charge in [-0.1, -0.05) is 0 Å². The molecule has 3 fully saturated rings. The standard InChI is InChI=1S/C19H22N2O4/c1-25-14-6-4-13(5-7-14)20-15(22)8-9-21-18(23)16-11-2-3-12(10-11)17(16)19(21)24/h4-7,11-12,16-17H,2-3,8-10H2,1H3,(H,20,22)/t11-,12-,16-,17+/m0/s1. The van der Waals surface area contributed by atoms with E-state index in [4.69, 9.17) is 4.74 Å². The van der Waals surface area contributed by atoms with E-state index in [1.165, 1.54) is 4.90 Å². The number of methoxy groups -OCH3 is 1. The van der Waals surface area contributed by atoms with Crippen molar-refractivity contribution >= 4 is 23.4 Å². The first-order chi connectivity index (χ1) is 12.1. The highest BCUT2D eigenvalue weighted by Crippen LogP contribution is 2.56. The van der Waals surface area contributed by atoms with E-state index in [9.17, 15) is 14.4 Å². The number of carbonyl (C=O) groups is 3. The van der Waals surface area contributed by atoms with Crippen LogP contribution in [0.2, 0.25) is 0 Å². The van der Waals surface area contributed by atoms with E-state index in [1.807, 2.05) is 0 Å². The number of hydrogen-bond acceptors (Lipinski definition) is 4. The van der Waals surface area contributed by atoms with Crippen molar-refractivity contribution in [2.75, 3.05) is 19.0 Å². The van der Waals surface area contributed by atoms with Crippen molar-refractivity contribution in [3.05, 3.63) is 24.3 Å². The van der Waals surface area contributed by atoms with Crippen molar-refractivity contribution in [2.45, 2.75) is 25.7 Å². The minimum absolute atomic E-state index is 0.0561. The molecule has 1 saturated heterocycles. The molecule has 1 aliphatic heterocycles. The van der Waals surface area contributed by atoms with Gasteiger partial charge in [-0.05, 0) is 55.4 Å². The Balaban J connectivity index is 1.34. The number of nitrogens with zero attached hydrogens (tertiary/aromatic N) is 1. The minimum Gasteiger partial charge on any atom is -0.497 e. The largest absolute Gasteiger partial charge is 0.497 e. The van der Waals surface area contributed by atoms with Crippen LogP contribution in [0.5, 0.6) is 5.75 Å². The SMILES string of the molecule is COc1ccc(NC(=O)CCN2C(=O)[C@@H]3[C@H]4CC[C@@H](C4)[C@@H]3C2=O)cc1. The predicted molar refractivity (Wildman–Crippen MR) is 90.8 cm³/mol. The van der Waals surface area contributed by atoms with Gasteiger partial charge in [0, 0.05) is 18.7 Å². The summed E-state index contributed by atoms with van der Waals surface area (Å²) < 4.78 is 5.08. The molecule has 0 aromatic heterocycles. The van der Waals surface area contributed by atoms with Gasteiger partial charge in [-0.2, -0.15) is 0 Å². The normalized spacial score (nSPS) is 29.9. The van der Waals surface area contributed by atoms with E-state index in [0.717, 1.165) is 19.3 Å². The van der Waals surface area contributed by atoms with Gasteiger partial charge in [0.05, 0.1) is 18.9 Å². The molecule has 4 rings (SSSR count). The Morgan fingerprint density at radius 1 is 1.12 bits per heavy atom. The third-order valence-electron chi connectivity index (χ3n) is 5.95. The van der Waals surface area contributed by atoms with E-state index in [0.29, 0.717) is 23.3 Å². The molecule has 6 heteroatoms. The Morgan fingerprint density at radius 3 is 2.28 bits per heavy atom. The highest BCUT2D eigenvalue weighted by atomic mass is 16.5. The third-order valence-corrected chi connectivity index (χ3v) is 5.95. The first-order valence-electron chi connectivity index (χ1n) is 8.87. The molecule has 3 amide bonds. The molecule has 1 N–H and O–H groups in total. The summed E-state index contributed by atoms with van der Waals surface area (Å²) in [4.78, 5) is 38.6. The number of ether oxygens (including phenoxy) is 1. The fourth-order valence-electron chi connectivity index (χ4n) is 4.80. The first-order valence-corrected chi connectivity index (χ1v) is 8.87. The number of imide groups is 1. The third kappa shape index (κ3) is 2.69. The van der Waals surface area contributed by atoms with Gasteiger partial charge in [0.25, 0.3) is 0 Å². The summed E-state index contributed by atoms with van der Waals surface area (Å²) in [6.07, 6.45) is 3.28. The van der Waals surface area contributed by atoms with E-state index < -0.39 is 0 Å². The fraction of sp³-hybridized carbons (Fsp3) is 0.526. The summed E-state index contributed by atoms with van der Waals surface area (Å²) in [5, 5.41) is 2.78. The van der Waals surface area contributed by atoms with E-state index >= 15 is 0 Å². The zero-order chi connectivity index (χ0) is 17.6. The van der Waals surface area contributed by atoms with Crippen LogP contribution < -0.4 is 10.1 Å². The maximum absolute atomic E-state index is 12.6. The summed E-state index contributed by atoms with van der Waals surface area (Å²) in [5.41, 5.74) is 0.666. The molecule has 0 spiro atoms. The molecule has 4 atom stereocenters.